The minimum Gasteiger partial charge on any atom is -0.393 e. The number of ketones is 1. The highest BCUT2D eigenvalue weighted by molar-refractivity contribution is 5.79. The summed E-state index contributed by atoms with van der Waals surface area (Å²) in [6, 6.07) is 0. The van der Waals surface area contributed by atoms with Crippen LogP contribution >= 0.6 is 0 Å². The molecule has 3 nitrogen and oxygen atoms in total. The van der Waals surface area contributed by atoms with Crippen molar-refractivity contribution in [2.24, 2.45) is 45.3 Å². The average Bonchev–Trinajstić information content (AvgIpc) is 2.98. The number of Topliss-reactive ketones (excluding diaryl/α,β-unsaturated/α-hetero) is 1. The second-order valence-corrected chi connectivity index (χ2v) is 14.4. The van der Waals surface area contributed by atoms with E-state index >= 15 is 0 Å². The molecule has 0 aromatic heterocycles. The van der Waals surface area contributed by atoms with E-state index in [1.165, 1.54) is 11.1 Å². The van der Waals surface area contributed by atoms with Gasteiger partial charge >= 0.3 is 0 Å². The van der Waals surface area contributed by atoms with Crippen LogP contribution in [0.1, 0.15) is 113 Å². The zero-order valence-electron chi connectivity index (χ0n) is 23.8. The van der Waals surface area contributed by atoms with Crippen LogP contribution in [0.2, 0.25) is 0 Å². The van der Waals surface area contributed by atoms with Crippen LogP contribution in [0.4, 0.5) is 0 Å². The van der Waals surface area contributed by atoms with E-state index in [9.17, 15) is 15.0 Å². The maximum Gasteiger partial charge on any atom is 0.133 e. The lowest BCUT2D eigenvalue weighted by Gasteiger charge is -2.62. The number of carbonyl (C=O) groups excluding carboxylic acids is 1. The third kappa shape index (κ3) is 3.77. The van der Waals surface area contributed by atoms with Gasteiger partial charge in [-0.25, -0.2) is 0 Å². The number of carbonyl (C=O) groups is 1. The van der Waals surface area contributed by atoms with Gasteiger partial charge in [-0.1, -0.05) is 71.8 Å². The molecular formula is C32H52O3. The van der Waals surface area contributed by atoms with Gasteiger partial charge in [-0.2, -0.15) is 0 Å². The first kappa shape index (κ1) is 27.1. The summed E-state index contributed by atoms with van der Waals surface area (Å²) in [5.41, 5.74) is 4.01. The van der Waals surface area contributed by atoms with Crippen LogP contribution in [0.15, 0.2) is 23.3 Å². The fourth-order valence-electron chi connectivity index (χ4n) is 9.68. The summed E-state index contributed by atoms with van der Waals surface area (Å²) < 4.78 is 0. The van der Waals surface area contributed by atoms with Gasteiger partial charge in [0.05, 0.1) is 12.2 Å². The smallest absolute Gasteiger partial charge is 0.133 e. The third-order valence-electron chi connectivity index (χ3n) is 12.5. The van der Waals surface area contributed by atoms with Crippen molar-refractivity contribution in [3.8, 4) is 0 Å². The summed E-state index contributed by atoms with van der Waals surface area (Å²) in [7, 11) is 0. The Hall–Kier alpha value is -0.930. The van der Waals surface area contributed by atoms with Crippen molar-refractivity contribution in [1.29, 1.82) is 0 Å². The van der Waals surface area contributed by atoms with Crippen molar-refractivity contribution in [1.82, 2.24) is 0 Å². The van der Waals surface area contributed by atoms with Gasteiger partial charge in [-0.05, 0) is 98.7 Å². The lowest BCUT2D eigenvalue weighted by atomic mass is 9.43. The summed E-state index contributed by atoms with van der Waals surface area (Å²) in [5.74, 6) is 1.40. The van der Waals surface area contributed by atoms with Crippen LogP contribution in [0.25, 0.3) is 0 Å². The van der Waals surface area contributed by atoms with Gasteiger partial charge in [0.15, 0.2) is 0 Å². The highest BCUT2D eigenvalue weighted by Gasteiger charge is 2.67. The van der Waals surface area contributed by atoms with Crippen molar-refractivity contribution in [2.75, 3.05) is 0 Å². The zero-order valence-corrected chi connectivity index (χ0v) is 23.8. The predicted octanol–water partition coefficient (Wildman–Crippen LogP) is 7.27. The van der Waals surface area contributed by atoms with E-state index in [0.717, 1.165) is 57.8 Å². The fraction of sp³-hybridized carbons (Fsp3) is 0.844. The number of fused-ring (bicyclic) bond motifs is 4. The van der Waals surface area contributed by atoms with E-state index in [0.29, 0.717) is 11.8 Å². The molecule has 35 heavy (non-hydrogen) atoms. The van der Waals surface area contributed by atoms with Crippen molar-refractivity contribution >= 4 is 5.78 Å². The second-order valence-electron chi connectivity index (χ2n) is 14.4. The molecule has 0 aliphatic heterocycles. The van der Waals surface area contributed by atoms with Crippen LogP contribution in [0, 0.1) is 45.3 Å². The molecule has 0 heterocycles. The van der Waals surface area contributed by atoms with Crippen LogP contribution < -0.4 is 0 Å². The molecule has 1 unspecified atom stereocenters. The van der Waals surface area contributed by atoms with Gasteiger partial charge < -0.3 is 10.2 Å². The van der Waals surface area contributed by atoms with E-state index in [1.807, 2.05) is 0 Å². The molecule has 0 amide bonds. The first-order valence-electron chi connectivity index (χ1n) is 14.4. The minimum atomic E-state index is -0.403. The van der Waals surface area contributed by atoms with Crippen LogP contribution in [0.5, 0.6) is 0 Å². The number of aliphatic hydroxyl groups excluding tert-OH is 2. The average molecular weight is 485 g/mol. The van der Waals surface area contributed by atoms with Gasteiger partial charge in [0.25, 0.3) is 0 Å². The van der Waals surface area contributed by atoms with E-state index in [2.05, 4.69) is 55.0 Å². The zero-order chi connectivity index (χ0) is 26.1. The molecule has 0 aromatic rings. The van der Waals surface area contributed by atoms with E-state index in [4.69, 9.17) is 0 Å². The number of rotatable bonds is 6. The molecular weight excluding hydrogens is 432 g/mol. The SMILES string of the molecule is C=C(CC[C@@H](C(C)=O)[C@H]1C[C@@H](O)[C@@]2(C)C3=C(CC[C@]12C)[C@@]1(C)CC[C@H](O)C(C)(C)C1CC3)C(C)C. The van der Waals surface area contributed by atoms with Crippen LogP contribution in [0.3, 0.4) is 0 Å². The van der Waals surface area contributed by atoms with Gasteiger partial charge in [-0.15, -0.1) is 0 Å². The van der Waals surface area contributed by atoms with E-state index in [1.54, 1.807) is 12.5 Å². The molecule has 2 saturated carbocycles. The highest BCUT2D eigenvalue weighted by Crippen LogP contribution is 2.72. The van der Waals surface area contributed by atoms with Gasteiger partial charge in [0, 0.05) is 11.3 Å². The molecule has 8 atom stereocenters. The summed E-state index contributed by atoms with van der Waals surface area (Å²) in [6.07, 6.45) is 7.99. The topological polar surface area (TPSA) is 57.5 Å². The maximum absolute atomic E-state index is 13.0. The molecule has 2 fully saturated rings. The summed E-state index contributed by atoms with van der Waals surface area (Å²) in [6.45, 7) is 22.1. The normalized spacial score (nSPS) is 43.4. The van der Waals surface area contributed by atoms with Crippen LogP contribution in [-0.4, -0.2) is 28.2 Å². The Morgan fingerprint density at radius 3 is 2.26 bits per heavy atom. The number of aliphatic hydroxyl groups is 2. The monoisotopic (exact) mass is 484 g/mol. The molecule has 0 bridgehead atoms. The standard InChI is InChI=1S/C32H52O3/c1-19(2)20(3)10-11-22(21(4)33)25-18-28(35)32(9)24-12-13-26-29(5,6)27(34)15-16-30(26,7)23(24)14-17-31(25,32)8/h19,22,25-28,34-35H,3,10-18H2,1-2,4-9H3/t22-,25+,26?,27-,28+,30+,31+,32+/m0/s1. The number of hydrogen-bond acceptors (Lipinski definition) is 3. The Labute approximate surface area is 214 Å². The predicted molar refractivity (Wildman–Crippen MR) is 144 cm³/mol. The van der Waals surface area contributed by atoms with Crippen molar-refractivity contribution in [3.05, 3.63) is 23.3 Å². The molecule has 0 aromatic carbocycles. The molecule has 3 heteroatoms. The lowest BCUT2D eigenvalue weighted by molar-refractivity contribution is -0.125. The largest absolute Gasteiger partial charge is 0.393 e. The van der Waals surface area contributed by atoms with Crippen molar-refractivity contribution < 1.29 is 15.0 Å². The first-order chi connectivity index (χ1) is 16.1. The molecule has 4 rings (SSSR count). The van der Waals surface area contributed by atoms with Crippen molar-refractivity contribution in [2.45, 2.75) is 125 Å². The molecule has 4 aliphatic carbocycles. The molecule has 0 spiro atoms. The Bertz CT molecular complexity index is 912. The van der Waals surface area contributed by atoms with E-state index in [-0.39, 0.29) is 45.4 Å². The Morgan fingerprint density at radius 1 is 1.00 bits per heavy atom. The van der Waals surface area contributed by atoms with Gasteiger partial charge in [-0.3, -0.25) is 4.79 Å². The Kier molecular flexibility index (Phi) is 6.84. The maximum atomic E-state index is 13.0. The molecule has 0 saturated heterocycles. The Morgan fingerprint density at radius 2 is 1.66 bits per heavy atom. The van der Waals surface area contributed by atoms with Crippen LogP contribution in [-0.2, 0) is 4.79 Å². The minimum absolute atomic E-state index is 0.00943. The molecule has 2 N–H and O–H groups in total. The highest BCUT2D eigenvalue weighted by atomic mass is 16.3. The quantitative estimate of drug-likeness (QED) is 0.390. The van der Waals surface area contributed by atoms with E-state index < -0.39 is 6.10 Å². The molecule has 0 radical (unpaired) electrons. The first-order valence-corrected chi connectivity index (χ1v) is 14.4. The third-order valence-corrected chi connectivity index (χ3v) is 12.5. The second kappa shape index (κ2) is 8.83. The summed E-state index contributed by atoms with van der Waals surface area (Å²) in [5, 5.41) is 22.6. The van der Waals surface area contributed by atoms with Gasteiger partial charge in [0.2, 0.25) is 0 Å². The number of allylic oxidation sites excluding steroid dienone is 2. The fourth-order valence-corrected chi connectivity index (χ4v) is 9.68. The van der Waals surface area contributed by atoms with Crippen molar-refractivity contribution in [3.63, 3.8) is 0 Å². The summed E-state index contributed by atoms with van der Waals surface area (Å²) >= 11 is 0. The van der Waals surface area contributed by atoms with Gasteiger partial charge in [0.1, 0.15) is 5.78 Å². The molecule has 4 aliphatic rings. The number of hydrogen-bond donors (Lipinski definition) is 2. The summed E-state index contributed by atoms with van der Waals surface area (Å²) in [4.78, 5) is 13.0. The Balaban J connectivity index is 1.72. The lowest BCUT2D eigenvalue weighted by Crippen LogP contribution is -2.56. The molecule has 198 valence electrons.